The molecule has 0 saturated heterocycles. The summed E-state index contributed by atoms with van der Waals surface area (Å²) in [4.78, 5) is 21.6. The van der Waals surface area contributed by atoms with Crippen molar-refractivity contribution in [3.8, 4) is 5.75 Å². The minimum atomic E-state index is -1.15. The van der Waals surface area contributed by atoms with Crippen LogP contribution in [-0.2, 0) is 4.79 Å². The van der Waals surface area contributed by atoms with E-state index in [4.69, 9.17) is 33.0 Å². The van der Waals surface area contributed by atoms with Gasteiger partial charge in [0, 0.05) is 5.02 Å². The second-order valence-corrected chi connectivity index (χ2v) is 3.84. The SMILES string of the molecule is CC(=O)c1c(Cl)cc(Cl)cc1OCC(=O)O. The van der Waals surface area contributed by atoms with Crippen molar-refractivity contribution >= 4 is 35.0 Å². The third kappa shape index (κ3) is 3.12. The lowest BCUT2D eigenvalue weighted by Gasteiger charge is -2.09. The van der Waals surface area contributed by atoms with Crippen molar-refractivity contribution < 1.29 is 19.4 Å². The molecule has 1 aromatic rings. The van der Waals surface area contributed by atoms with E-state index in [1.54, 1.807) is 0 Å². The fourth-order valence-electron chi connectivity index (χ4n) is 1.14. The van der Waals surface area contributed by atoms with Crippen LogP contribution in [0.2, 0.25) is 10.0 Å². The molecule has 0 fully saturated rings. The molecule has 86 valence electrons. The van der Waals surface area contributed by atoms with E-state index in [1.807, 2.05) is 0 Å². The summed E-state index contributed by atoms with van der Waals surface area (Å²) in [6, 6.07) is 2.75. The molecule has 0 spiro atoms. The summed E-state index contributed by atoms with van der Waals surface area (Å²) in [5, 5.41) is 8.88. The largest absolute Gasteiger partial charge is 0.481 e. The molecule has 0 atom stereocenters. The molecule has 1 aromatic carbocycles. The first-order chi connectivity index (χ1) is 7.41. The first kappa shape index (κ1) is 12.8. The second-order valence-electron chi connectivity index (χ2n) is 3.00. The standard InChI is InChI=1S/C10H8Cl2O4/c1-5(13)10-7(12)2-6(11)3-8(10)16-4-9(14)15/h2-3H,4H2,1H3,(H,14,15). The quantitative estimate of drug-likeness (QED) is 0.848. The van der Waals surface area contributed by atoms with Crippen LogP contribution in [0.3, 0.4) is 0 Å². The molecule has 0 heterocycles. The number of rotatable bonds is 4. The number of carboxylic acid groups (broad SMARTS) is 1. The molecular formula is C10H8Cl2O4. The van der Waals surface area contributed by atoms with Crippen molar-refractivity contribution in [1.82, 2.24) is 0 Å². The number of ether oxygens (including phenoxy) is 1. The molecule has 0 bridgehead atoms. The zero-order valence-corrected chi connectivity index (χ0v) is 9.80. The molecule has 1 rings (SSSR count). The minimum Gasteiger partial charge on any atom is -0.481 e. The molecule has 0 aliphatic rings. The number of hydrogen-bond acceptors (Lipinski definition) is 3. The average Bonchev–Trinajstić information content (AvgIpc) is 2.12. The third-order valence-electron chi connectivity index (χ3n) is 1.72. The van der Waals surface area contributed by atoms with E-state index in [1.165, 1.54) is 19.1 Å². The van der Waals surface area contributed by atoms with Gasteiger partial charge in [0.1, 0.15) is 5.75 Å². The highest BCUT2D eigenvalue weighted by Crippen LogP contribution is 2.31. The van der Waals surface area contributed by atoms with Gasteiger partial charge in [0.05, 0.1) is 10.6 Å². The van der Waals surface area contributed by atoms with E-state index in [0.717, 1.165) is 0 Å². The van der Waals surface area contributed by atoms with Gasteiger partial charge in [-0.2, -0.15) is 0 Å². The summed E-state index contributed by atoms with van der Waals surface area (Å²) < 4.78 is 4.93. The number of carbonyl (C=O) groups excluding carboxylic acids is 1. The highest BCUT2D eigenvalue weighted by atomic mass is 35.5. The Morgan fingerprint density at radius 2 is 2.00 bits per heavy atom. The van der Waals surface area contributed by atoms with Crippen LogP contribution in [-0.4, -0.2) is 23.5 Å². The molecule has 0 aliphatic heterocycles. The van der Waals surface area contributed by atoms with Gasteiger partial charge in [0.2, 0.25) is 0 Å². The van der Waals surface area contributed by atoms with Crippen molar-refractivity contribution in [3.05, 3.63) is 27.7 Å². The summed E-state index contributed by atoms with van der Waals surface area (Å²) >= 11 is 11.5. The van der Waals surface area contributed by atoms with Crippen LogP contribution in [0.1, 0.15) is 17.3 Å². The van der Waals surface area contributed by atoms with Gasteiger partial charge in [-0.1, -0.05) is 23.2 Å². The Labute approximate surface area is 102 Å². The summed E-state index contributed by atoms with van der Waals surface area (Å²) in [5.41, 5.74) is 0.132. The summed E-state index contributed by atoms with van der Waals surface area (Å²) in [5.74, 6) is -1.39. The Hall–Kier alpha value is -1.26. The average molecular weight is 263 g/mol. The van der Waals surface area contributed by atoms with E-state index in [2.05, 4.69) is 0 Å². The molecular weight excluding hydrogens is 255 g/mol. The molecule has 0 amide bonds. The lowest BCUT2D eigenvalue weighted by molar-refractivity contribution is -0.139. The molecule has 0 radical (unpaired) electrons. The van der Waals surface area contributed by atoms with Crippen molar-refractivity contribution in [2.75, 3.05) is 6.61 Å². The van der Waals surface area contributed by atoms with Crippen LogP contribution in [0.15, 0.2) is 12.1 Å². The number of carboxylic acids is 1. The molecule has 1 N–H and O–H groups in total. The number of hydrogen-bond donors (Lipinski definition) is 1. The molecule has 0 saturated carbocycles. The first-order valence-corrected chi connectivity index (χ1v) is 5.02. The van der Waals surface area contributed by atoms with Crippen molar-refractivity contribution in [1.29, 1.82) is 0 Å². The van der Waals surface area contributed by atoms with Crippen LogP contribution >= 0.6 is 23.2 Å². The van der Waals surface area contributed by atoms with Crippen LogP contribution in [0.25, 0.3) is 0 Å². The van der Waals surface area contributed by atoms with Gasteiger partial charge in [0.25, 0.3) is 0 Å². The maximum atomic E-state index is 11.3. The second kappa shape index (κ2) is 5.18. The van der Waals surface area contributed by atoms with Gasteiger partial charge < -0.3 is 9.84 Å². The van der Waals surface area contributed by atoms with Crippen LogP contribution in [0.5, 0.6) is 5.75 Å². The fourth-order valence-corrected chi connectivity index (χ4v) is 1.75. The van der Waals surface area contributed by atoms with Crippen molar-refractivity contribution in [3.63, 3.8) is 0 Å². The monoisotopic (exact) mass is 262 g/mol. The molecule has 0 aromatic heterocycles. The Kier molecular flexibility index (Phi) is 4.15. The van der Waals surface area contributed by atoms with E-state index >= 15 is 0 Å². The predicted octanol–water partition coefficient (Wildman–Crippen LogP) is 2.66. The zero-order valence-electron chi connectivity index (χ0n) is 8.29. The van der Waals surface area contributed by atoms with E-state index < -0.39 is 12.6 Å². The van der Waals surface area contributed by atoms with Crippen molar-refractivity contribution in [2.24, 2.45) is 0 Å². The lowest BCUT2D eigenvalue weighted by Crippen LogP contribution is -2.11. The Morgan fingerprint density at radius 1 is 1.38 bits per heavy atom. The first-order valence-electron chi connectivity index (χ1n) is 4.26. The molecule has 6 heteroatoms. The van der Waals surface area contributed by atoms with Crippen LogP contribution < -0.4 is 4.74 Å². The Morgan fingerprint density at radius 3 is 2.50 bits per heavy atom. The summed E-state index contributed by atoms with van der Waals surface area (Å²) in [6.07, 6.45) is 0. The minimum absolute atomic E-state index is 0.0763. The van der Waals surface area contributed by atoms with Gasteiger partial charge >= 0.3 is 5.97 Å². The fraction of sp³-hybridized carbons (Fsp3) is 0.200. The normalized spacial score (nSPS) is 9.94. The van der Waals surface area contributed by atoms with E-state index in [0.29, 0.717) is 0 Å². The molecule has 0 aliphatic carbocycles. The molecule has 16 heavy (non-hydrogen) atoms. The maximum absolute atomic E-state index is 11.3. The number of benzene rings is 1. The lowest BCUT2D eigenvalue weighted by atomic mass is 10.1. The van der Waals surface area contributed by atoms with Gasteiger partial charge in [-0.3, -0.25) is 4.79 Å². The van der Waals surface area contributed by atoms with Gasteiger partial charge in [-0.15, -0.1) is 0 Å². The van der Waals surface area contributed by atoms with Crippen LogP contribution in [0, 0.1) is 0 Å². The van der Waals surface area contributed by atoms with Gasteiger partial charge in [-0.25, -0.2) is 4.79 Å². The number of Topliss-reactive ketones (excluding diaryl/α,β-unsaturated/α-hetero) is 1. The van der Waals surface area contributed by atoms with Gasteiger partial charge in [0.15, 0.2) is 12.4 Å². The smallest absolute Gasteiger partial charge is 0.341 e. The van der Waals surface area contributed by atoms with Gasteiger partial charge in [-0.05, 0) is 19.1 Å². The summed E-state index contributed by atoms with van der Waals surface area (Å²) in [6.45, 7) is 0.750. The number of halogens is 2. The molecule has 0 unspecified atom stereocenters. The number of aliphatic carboxylic acids is 1. The Bertz CT molecular complexity index is 443. The van der Waals surface area contributed by atoms with Crippen LogP contribution in [0.4, 0.5) is 0 Å². The van der Waals surface area contributed by atoms with Crippen molar-refractivity contribution in [2.45, 2.75) is 6.92 Å². The zero-order chi connectivity index (χ0) is 12.3. The predicted molar refractivity (Wildman–Crippen MR) is 59.6 cm³/mol. The highest BCUT2D eigenvalue weighted by Gasteiger charge is 2.15. The third-order valence-corrected chi connectivity index (χ3v) is 2.24. The van der Waals surface area contributed by atoms with E-state index in [-0.39, 0.29) is 27.1 Å². The molecule has 4 nitrogen and oxygen atoms in total. The van der Waals surface area contributed by atoms with E-state index in [9.17, 15) is 9.59 Å². The number of carbonyl (C=O) groups is 2. The maximum Gasteiger partial charge on any atom is 0.341 e. The Balaban J connectivity index is 3.13. The highest BCUT2D eigenvalue weighted by molar-refractivity contribution is 6.37. The number of ketones is 1. The topological polar surface area (TPSA) is 63.6 Å². The summed E-state index contributed by atoms with van der Waals surface area (Å²) in [7, 11) is 0.